The lowest BCUT2D eigenvalue weighted by Gasteiger charge is -2.15. The fraction of sp³-hybridized carbons (Fsp3) is 0.250. The fourth-order valence-corrected chi connectivity index (χ4v) is 3.88. The van der Waals surface area contributed by atoms with Gasteiger partial charge in [0, 0.05) is 35.6 Å². The van der Waals surface area contributed by atoms with E-state index in [-0.39, 0.29) is 11.2 Å². The van der Waals surface area contributed by atoms with Crippen LogP contribution in [0.5, 0.6) is 0 Å². The maximum absolute atomic E-state index is 13.4. The van der Waals surface area contributed by atoms with Gasteiger partial charge in [-0.3, -0.25) is 9.67 Å². The molecule has 5 heterocycles. The largest absolute Gasteiger partial charge is 0.346 e. The minimum absolute atomic E-state index is 0.163. The number of hydrogen-bond donors (Lipinski definition) is 1. The van der Waals surface area contributed by atoms with Gasteiger partial charge in [0.25, 0.3) is 0 Å². The summed E-state index contributed by atoms with van der Waals surface area (Å²) in [5.74, 6) is -0.347. The third-order valence-corrected chi connectivity index (χ3v) is 4.98. The molecule has 4 aromatic rings. The first-order valence-electron chi connectivity index (χ1n) is 8.66. The highest BCUT2D eigenvalue weighted by atomic mass is 19.1. The third-order valence-electron chi connectivity index (χ3n) is 4.98. The van der Waals surface area contributed by atoms with E-state index in [9.17, 15) is 4.39 Å². The molecular formula is C20H18FN5. The van der Waals surface area contributed by atoms with E-state index < -0.39 is 0 Å². The van der Waals surface area contributed by atoms with Gasteiger partial charge < -0.3 is 4.98 Å². The maximum Gasteiger partial charge on any atom is 0.141 e. The predicted octanol–water partition coefficient (Wildman–Crippen LogP) is 4.21. The number of aromatic nitrogens is 5. The van der Waals surface area contributed by atoms with E-state index in [4.69, 9.17) is 5.10 Å². The van der Waals surface area contributed by atoms with Gasteiger partial charge in [0.05, 0.1) is 11.9 Å². The number of hydrogen-bond acceptors (Lipinski definition) is 3. The van der Waals surface area contributed by atoms with Gasteiger partial charge in [-0.1, -0.05) is 13.8 Å². The van der Waals surface area contributed by atoms with Crippen LogP contribution >= 0.6 is 0 Å². The van der Waals surface area contributed by atoms with Gasteiger partial charge in [0.15, 0.2) is 0 Å². The number of H-pyrrole nitrogens is 1. The first-order chi connectivity index (χ1) is 12.5. The molecule has 6 heteroatoms. The Balaban J connectivity index is 1.80. The first-order valence-corrected chi connectivity index (χ1v) is 8.66. The van der Waals surface area contributed by atoms with E-state index in [1.54, 1.807) is 12.3 Å². The number of aromatic amines is 1. The summed E-state index contributed by atoms with van der Waals surface area (Å²) in [6.07, 6.45) is 5.88. The van der Waals surface area contributed by atoms with E-state index in [2.05, 4.69) is 33.5 Å². The summed E-state index contributed by atoms with van der Waals surface area (Å²) in [6, 6.07) is 7.17. The molecular weight excluding hydrogens is 329 g/mol. The van der Waals surface area contributed by atoms with Crippen molar-refractivity contribution in [1.29, 1.82) is 0 Å². The number of nitrogens with zero attached hydrogens (tertiary/aromatic N) is 4. The van der Waals surface area contributed by atoms with E-state index in [0.717, 1.165) is 40.8 Å². The molecule has 0 saturated heterocycles. The van der Waals surface area contributed by atoms with Crippen LogP contribution in [0, 0.1) is 11.2 Å². The lowest BCUT2D eigenvalue weighted by atomic mass is 9.88. The molecule has 1 aliphatic heterocycles. The molecule has 0 amide bonds. The zero-order valence-corrected chi connectivity index (χ0v) is 14.6. The second-order valence-electron chi connectivity index (χ2n) is 7.63. The zero-order valence-electron chi connectivity index (χ0n) is 14.6. The first kappa shape index (κ1) is 15.3. The van der Waals surface area contributed by atoms with E-state index in [1.807, 2.05) is 18.3 Å². The molecule has 0 atom stereocenters. The quantitative estimate of drug-likeness (QED) is 0.591. The number of fused-ring (bicyclic) bond motifs is 2. The highest BCUT2D eigenvalue weighted by molar-refractivity contribution is 5.97. The molecule has 1 aliphatic rings. The summed E-state index contributed by atoms with van der Waals surface area (Å²) < 4.78 is 15.4. The van der Waals surface area contributed by atoms with Gasteiger partial charge in [0.2, 0.25) is 0 Å². The van der Waals surface area contributed by atoms with Crippen molar-refractivity contribution in [3.05, 3.63) is 54.4 Å². The second kappa shape index (κ2) is 5.24. The van der Waals surface area contributed by atoms with Crippen molar-refractivity contribution in [2.24, 2.45) is 5.41 Å². The van der Waals surface area contributed by atoms with Crippen LogP contribution < -0.4 is 0 Å². The monoisotopic (exact) mass is 347 g/mol. The normalized spacial score (nSPS) is 15.5. The molecule has 130 valence electrons. The van der Waals surface area contributed by atoms with Gasteiger partial charge in [0.1, 0.15) is 17.2 Å². The Morgan fingerprint density at radius 1 is 1.15 bits per heavy atom. The number of nitrogens with one attached hydrogen (secondary N) is 1. The molecule has 0 unspecified atom stereocenters. The molecule has 0 fully saturated rings. The molecule has 0 bridgehead atoms. The molecule has 0 radical (unpaired) electrons. The van der Waals surface area contributed by atoms with Crippen molar-refractivity contribution in [2.75, 3.05) is 0 Å². The maximum atomic E-state index is 13.4. The van der Waals surface area contributed by atoms with Crippen LogP contribution in [0.4, 0.5) is 4.39 Å². The van der Waals surface area contributed by atoms with Gasteiger partial charge >= 0.3 is 0 Å². The molecule has 1 N–H and O–H groups in total. The van der Waals surface area contributed by atoms with Gasteiger partial charge in [-0.2, -0.15) is 5.10 Å². The zero-order chi connectivity index (χ0) is 17.9. The Hall–Kier alpha value is -3.02. The van der Waals surface area contributed by atoms with Crippen molar-refractivity contribution in [1.82, 2.24) is 24.7 Å². The van der Waals surface area contributed by atoms with Crippen molar-refractivity contribution in [3.63, 3.8) is 0 Å². The Bertz CT molecular complexity index is 1120. The van der Waals surface area contributed by atoms with Crippen molar-refractivity contribution in [3.8, 4) is 22.5 Å². The van der Waals surface area contributed by atoms with Crippen molar-refractivity contribution in [2.45, 2.75) is 26.8 Å². The Kier molecular flexibility index (Phi) is 3.07. The fourth-order valence-electron chi connectivity index (χ4n) is 3.88. The van der Waals surface area contributed by atoms with Gasteiger partial charge in [-0.15, -0.1) is 0 Å². The van der Waals surface area contributed by atoms with Crippen LogP contribution in [0.2, 0.25) is 0 Å². The standard InChI is InChI=1S/C20H18FN5/c1-20(2)9-16-17(13-5-7-22-19-14(13)6-8-23-19)18(25-26(16)11-20)15-4-3-12(21)10-24-15/h3-8,10H,9,11H2,1-2H3,(H,22,23). The molecule has 5 nitrogen and oxygen atoms in total. The van der Waals surface area contributed by atoms with E-state index >= 15 is 0 Å². The summed E-state index contributed by atoms with van der Waals surface area (Å²) in [7, 11) is 0. The SMILES string of the molecule is CC1(C)Cc2c(-c3ccnc4[nH]ccc34)c(-c3ccc(F)cn3)nn2C1. The number of rotatable bonds is 2. The molecule has 4 aromatic heterocycles. The topological polar surface area (TPSA) is 59.4 Å². The van der Waals surface area contributed by atoms with Crippen molar-refractivity contribution >= 4 is 11.0 Å². The summed E-state index contributed by atoms with van der Waals surface area (Å²) in [5.41, 5.74) is 5.84. The summed E-state index contributed by atoms with van der Waals surface area (Å²) in [4.78, 5) is 11.8. The Morgan fingerprint density at radius 2 is 2.04 bits per heavy atom. The molecule has 0 aliphatic carbocycles. The van der Waals surface area contributed by atoms with Gasteiger partial charge in [-0.25, -0.2) is 9.37 Å². The summed E-state index contributed by atoms with van der Waals surface area (Å²) in [5, 5.41) is 5.91. The number of pyridine rings is 2. The highest BCUT2D eigenvalue weighted by Gasteiger charge is 2.34. The Labute approximate surface area is 149 Å². The minimum atomic E-state index is -0.347. The van der Waals surface area contributed by atoms with E-state index in [1.165, 1.54) is 18.0 Å². The van der Waals surface area contributed by atoms with Crippen LogP contribution in [0.15, 0.2) is 42.9 Å². The Morgan fingerprint density at radius 3 is 2.85 bits per heavy atom. The van der Waals surface area contributed by atoms with Crippen LogP contribution in [-0.4, -0.2) is 24.7 Å². The second-order valence-corrected chi connectivity index (χ2v) is 7.63. The average molecular weight is 347 g/mol. The molecule has 26 heavy (non-hydrogen) atoms. The number of halogens is 1. The minimum Gasteiger partial charge on any atom is -0.346 e. The molecule has 0 spiro atoms. The summed E-state index contributed by atoms with van der Waals surface area (Å²) in [6.45, 7) is 5.36. The third kappa shape index (κ3) is 2.25. The summed E-state index contributed by atoms with van der Waals surface area (Å²) >= 11 is 0. The van der Waals surface area contributed by atoms with Crippen molar-refractivity contribution < 1.29 is 4.39 Å². The lowest BCUT2D eigenvalue weighted by Crippen LogP contribution is -2.13. The van der Waals surface area contributed by atoms with Crippen LogP contribution in [-0.2, 0) is 13.0 Å². The van der Waals surface area contributed by atoms with E-state index in [0.29, 0.717) is 5.69 Å². The van der Waals surface area contributed by atoms with Crippen LogP contribution in [0.25, 0.3) is 33.5 Å². The highest BCUT2D eigenvalue weighted by Crippen LogP contribution is 2.43. The average Bonchev–Trinajstić information content (AvgIpc) is 3.27. The molecule has 5 rings (SSSR count). The predicted molar refractivity (Wildman–Crippen MR) is 98.0 cm³/mol. The lowest BCUT2D eigenvalue weighted by molar-refractivity contribution is 0.347. The molecule has 0 saturated carbocycles. The molecule has 0 aromatic carbocycles. The smallest absolute Gasteiger partial charge is 0.141 e. The van der Waals surface area contributed by atoms with Crippen LogP contribution in [0.3, 0.4) is 0 Å². The van der Waals surface area contributed by atoms with Crippen LogP contribution in [0.1, 0.15) is 19.5 Å². The van der Waals surface area contributed by atoms with Gasteiger partial charge in [-0.05, 0) is 41.7 Å².